The Morgan fingerprint density at radius 3 is 2.56 bits per heavy atom. The minimum atomic E-state index is -0.256. The number of hydrogen-bond acceptors (Lipinski definition) is 5. The van der Waals surface area contributed by atoms with Crippen LogP contribution in [0.5, 0.6) is 0 Å². The highest BCUT2D eigenvalue weighted by molar-refractivity contribution is 6.30. The van der Waals surface area contributed by atoms with Crippen molar-refractivity contribution in [3.05, 3.63) is 34.4 Å². The lowest BCUT2D eigenvalue weighted by atomic mass is 10.1. The second-order valence-corrected chi connectivity index (χ2v) is 7.12. The molecule has 0 saturated carbocycles. The number of carbonyl (C=O) groups is 2. The second-order valence-electron chi connectivity index (χ2n) is 6.76. The molecule has 0 aromatic carbocycles. The van der Waals surface area contributed by atoms with Gasteiger partial charge in [-0.25, -0.2) is 0 Å². The second kappa shape index (κ2) is 9.03. The van der Waals surface area contributed by atoms with E-state index < -0.39 is 0 Å². The molecule has 0 aliphatic rings. The Balaban J connectivity index is 1.87. The summed E-state index contributed by atoms with van der Waals surface area (Å²) in [5, 5.41) is 8.31. The number of halogens is 1. The minimum Gasteiger partial charge on any atom is -0.351 e. The van der Waals surface area contributed by atoms with Crippen LogP contribution in [0.4, 0.5) is 0 Å². The van der Waals surface area contributed by atoms with Gasteiger partial charge in [0.1, 0.15) is 0 Å². The average molecular weight is 396 g/mol. The van der Waals surface area contributed by atoms with Gasteiger partial charge in [0, 0.05) is 58.0 Å². The summed E-state index contributed by atoms with van der Waals surface area (Å²) in [6.07, 6.45) is 2.81. The van der Waals surface area contributed by atoms with Crippen LogP contribution in [0, 0.1) is 0 Å². The van der Waals surface area contributed by atoms with Gasteiger partial charge < -0.3 is 14.3 Å². The number of nitrogens with zero attached hydrogens (tertiary/aromatic N) is 5. The Morgan fingerprint density at radius 1 is 1.30 bits per heavy atom. The van der Waals surface area contributed by atoms with Gasteiger partial charge >= 0.3 is 0 Å². The third-order valence-corrected chi connectivity index (χ3v) is 4.91. The number of rotatable bonds is 8. The molecular weight excluding hydrogens is 370 g/mol. The first-order chi connectivity index (χ1) is 12.7. The standard InChI is InChI=1S/C18H26ClN5O3/c1-6-12(2)14-10-15(27-21-14)18(26)23(4)8-7-22(3)16(25)9-13-11-24(5)20-17(13)19/h10-12H,6-9H2,1-5H3. The van der Waals surface area contributed by atoms with E-state index in [1.807, 2.05) is 6.92 Å². The van der Waals surface area contributed by atoms with Crippen LogP contribution >= 0.6 is 11.6 Å². The van der Waals surface area contributed by atoms with Crippen LogP contribution in [0.3, 0.4) is 0 Å². The lowest BCUT2D eigenvalue weighted by Gasteiger charge is -2.21. The van der Waals surface area contributed by atoms with Crippen molar-refractivity contribution in [3.63, 3.8) is 0 Å². The van der Waals surface area contributed by atoms with Crippen molar-refractivity contribution in [3.8, 4) is 0 Å². The van der Waals surface area contributed by atoms with E-state index in [1.54, 1.807) is 43.0 Å². The summed E-state index contributed by atoms with van der Waals surface area (Å²) in [5.74, 6) is 0.102. The van der Waals surface area contributed by atoms with Gasteiger partial charge in [-0.2, -0.15) is 5.10 Å². The summed E-state index contributed by atoms with van der Waals surface area (Å²) >= 11 is 5.99. The Labute approximate surface area is 164 Å². The summed E-state index contributed by atoms with van der Waals surface area (Å²) in [5.41, 5.74) is 1.45. The van der Waals surface area contributed by atoms with E-state index in [4.69, 9.17) is 16.1 Å². The molecule has 0 spiro atoms. The summed E-state index contributed by atoms with van der Waals surface area (Å²) in [6.45, 7) is 4.86. The van der Waals surface area contributed by atoms with E-state index in [0.717, 1.165) is 12.1 Å². The topological polar surface area (TPSA) is 84.5 Å². The van der Waals surface area contributed by atoms with Crippen LogP contribution in [0.15, 0.2) is 16.8 Å². The maximum absolute atomic E-state index is 12.4. The predicted octanol–water partition coefficient (Wildman–Crippen LogP) is 2.35. The molecule has 0 bridgehead atoms. The quantitative estimate of drug-likeness (QED) is 0.685. The van der Waals surface area contributed by atoms with Gasteiger partial charge in [-0.1, -0.05) is 30.6 Å². The normalized spacial score (nSPS) is 12.1. The molecule has 148 valence electrons. The fourth-order valence-corrected chi connectivity index (χ4v) is 2.71. The van der Waals surface area contributed by atoms with Crippen LogP contribution in [-0.2, 0) is 18.3 Å². The molecule has 0 radical (unpaired) electrons. The molecule has 2 heterocycles. The van der Waals surface area contributed by atoms with Crippen LogP contribution in [0.1, 0.15) is 48.0 Å². The number of carbonyl (C=O) groups excluding carboxylic acids is 2. The lowest BCUT2D eigenvalue weighted by Crippen LogP contribution is -2.37. The molecule has 2 rings (SSSR count). The van der Waals surface area contributed by atoms with Gasteiger partial charge in [-0.15, -0.1) is 0 Å². The summed E-state index contributed by atoms with van der Waals surface area (Å²) in [7, 11) is 5.12. The summed E-state index contributed by atoms with van der Waals surface area (Å²) in [6, 6.07) is 1.69. The van der Waals surface area contributed by atoms with E-state index in [2.05, 4.69) is 17.2 Å². The van der Waals surface area contributed by atoms with Crippen molar-refractivity contribution in [2.75, 3.05) is 27.2 Å². The first kappa shape index (κ1) is 21.0. The Bertz CT molecular complexity index is 801. The number of aromatic nitrogens is 3. The van der Waals surface area contributed by atoms with Crippen molar-refractivity contribution in [1.29, 1.82) is 0 Å². The molecule has 27 heavy (non-hydrogen) atoms. The Morgan fingerprint density at radius 2 is 1.96 bits per heavy atom. The van der Waals surface area contributed by atoms with E-state index in [9.17, 15) is 9.59 Å². The average Bonchev–Trinajstić information content (AvgIpc) is 3.24. The maximum Gasteiger partial charge on any atom is 0.292 e. The zero-order valence-electron chi connectivity index (χ0n) is 16.4. The molecule has 1 unspecified atom stereocenters. The smallest absolute Gasteiger partial charge is 0.292 e. The van der Waals surface area contributed by atoms with Crippen molar-refractivity contribution >= 4 is 23.4 Å². The monoisotopic (exact) mass is 395 g/mol. The lowest BCUT2D eigenvalue weighted by molar-refractivity contribution is -0.129. The molecule has 2 amide bonds. The highest BCUT2D eigenvalue weighted by Crippen LogP contribution is 2.19. The Kier molecular flexibility index (Phi) is 7.01. The van der Waals surface area contributed by atoms with Gasteiger partial charge in [0.2, 0.25) is 11.7 Å². The summed E-state index contributed by atoms with van der Waals surface area (Å²) < 4.78 is 6.75. The largest absolute Gasteiger partial charge is 0.351 e. The van der Waals surface area contributed by atoms with Crippen molar-refractivity contribution in [2.24, 2.45) is 7.05 Å². The van der Waals surface area contributed by atoms with Crippen LogP contribution in [0.25, 0.3) is 0 Å². The van der Waals surface area contributed by atoms with Gasteiger partial charge in [-0.05, 0) is 6.42 Å². The maximum atomic E-state index is 12.4. The number of aryl methyl sites for hydroxylation is 1. The number of hydrogen-bond donors (Lipinski definition) is 0. The van der Waals surface area contributed by atoms with Crippen molar-refractivity contribution in [1.82, 2.24) is 24.7 Å². The number of amides is 2. The molecule has 1 atom stereocenters. The van der Waals surface area contributed by atoms with E-state index in [-0.39, 0.29) is 29.9 Å². The summed E-state index contributed by atoms with van der Waals surface area (Å²) in [4.78, 5) is 27.9. The molecule has 0 saturated heterocycles. The van der Waals surface area contributed by atoms with Crippen molar-refractivity contribution in [2.45, 2.75) is 32.6 Å². The first-order valence-corrected chi connectivity index (χ1v) is 9.24. The molecule has 9 heteroatoms. The highest BCUT2D eigenvalue weighted by Gasteiger charge is 2.20. The van der Waals surface area contributed by atoms with Gasteiger partial charge in [0.05, 0.1) is 12.1 Å². The van der Waals surface area contributed by atoms with E-state index in [0.29, 0.717) is 23.8 Å². The molecular formula is C18H26ClN5O3. The fraction of sp³-hybridized carbons (Fsp3) is 0.556. The molecule has 0 N–H and O–H groups in total. The van der Waals surface area contributed by atoms with Crippen LogP contribution < -0.4 is 0 Å². The van der Waals surface area contributed by atoms with Crippen LogP contribution in [0.2, 0.25) is 5.15 Å². The molecule has 0 aliphatic heterocycles. The zero-order chi connectivity index (χ0) is 20.1. The van der Waals surface area contributed by atoms with E-state index in [1.165, 1.54) is 4.90 Å². The Hall–Kier alpha value is -2.35. The van der Waals surface area contributed by atoms with Gasteiger partial charge in [0.25, 0.3) is 5.91 Å². The minimum absolute atomic E-state index is 0.0931. The van der Waals surface area contributed by atoms with E-state index >= 15 is 0 Å². The molecule has 8 nitrogen and oxygen atoms in total. The predicted molar refractivity (Wildman–Crippen MR) is 102 cm³/mol. The van der Waals surface area contributed by atoms with Crippen LogP contribution in [-0.4, -0.2) is 63.7 Å². The van der Waals surface area contributed by atoms with Gasteiger partial charge in [0.15, 0.2) is 5.15 Å². The third-order valence-electron chi connectivity index (χ3n) is 4.59. The molecule has 0 aliphatic carbocycles. The molecule has 0 fully saturated rings. The first-order valence-electron chi connectivity index (χ1n) is 8.87. The molecule has 2 aromatic rings. The SMILES string of the molecule is CCC(C)c1cc(C(=O)N(C)CCN(C)C(=O)Cc2cn(C)nc2Cl)on1. The highest BCUT2D eigenvalue weighted by atomic mass is 35.5. The zero-order valence-corrected chi connectivity index (χ0v) is 17.2. The number of likely N-dealkylation sites (N-methyl/N-ethyl adjacent to an activating group) is 2. The van der Waals surface area contributed by atoms with Gasteiger partial charge in [-0.3, -0.25) is 14.3 Å². The van der Waals surface area contributed by atoms with Crippen molar-refractivity contribution < 1.29 is 14.1 Å². The molecule has 2 aromatic heterocycles. The third kappa shape index (κ3) is 5.32. The fourth-order valence-electron chi connectivity index (χ4n) is 2.47.